The molecule has 0 radical (unpaired) electrons. The van der Waals surface area contributed by atoms with E-state index in [4.69, 9.17) is 4.74 Å². The Balaban J connectivity index is 1.58. The van der Waals surface area contributed by atoms with Crippen molar-refractivity contribution in [3.05, 3.63) is 102 Å². The van der Waals surface area contributed by atoms with Crippen LogP contribution >= 0.6 is 0 Å². The lowest BCUT2D eigenvalue weighted by molar-refractivity contribution is -0.115. The molecule has 3 aromatic carbocycles. The van der Waals surface area contributed by atoms with Gasteiger partial charge in [0.2, 0.25) is 11.9 Å². The lowest BCUT2D eigenvalue weighted by Crippen LogP contribution is -2.14. The summed E-state index contributed by atoms with van der Waals surface area (Å²) >= 11 is 0. The van der Waals surface area contributed by atoms with Gasteiger partial charge in [0, 0.05) is 35.1 Å². The molecule has 0 aliphatic heterocycles. The zero-order valence-electron chi connectivity index (χ0n) is 19.2. The fourth-order valence-electron chi connectivity index (χ4n) is 3.52. The van der Waals surface area contributed by atoms with E-state index in [0.29, 0.717) is 16.8 Å². The predicted octanol–water partition coefficient (Wildman–Crippen LogP) is 5.79. The fourth-order valence-corrected chi connectivity index (χ4v) is 4.41. The monoisotopic (exact) mass is 508 g/mol. The van der Waals surface area contributed by atoms with Crippen LogP contribution in [-0.4, -0.2) is 25.1 Å². The number of sulfone groups is 1. The molecule has 1 N–H and O–H groups in total. The van der Waals surface area contributed by atoms with Crippen molar-refractivity contribution in [2.75, 3.05) is 11.1 Å². The second-order valence-corrected chi connectivity index (χ2v) is 10.2. The Bertz CT molecular complexity index is 1510. The van der Waals surface area contributed by atoms with Gasteiger partial charge in [-0.25, -0.2) is 17.8 Å². The van der Waals surface area contributed by atoms with Crippen LogP contribution < -0.4 is 10.1 Å². The maximum Gasteiger partial charge on any atom is 0.228 e. The molecule has 36 heavy (non-hydrogen) atoms. The topological polar surface area (TPSA) is 85.4 Å². The van der Waals surface area contributed by atoms with E-state index in [-0.39, 0.29) is 40.0 Å². The van der Waals surface area contributed by atoms with Crippen LogP contribution in [0, 0.1) is 11.8 Å². The summed E-state index contributed by atoms with van der Waals surface area (Å²) in [6, 6.07) is 19.4. The lowest BCUT2D eigenvalue weighted by atomic mass is 10.1. The molecule has 4 rings (SSSR count). The lowest BCUT2D eigenvalue weighted by Gasteiger charge is -2.14. The van der Waals surface area contributed by atoms with E-state index >= 15 is 0 Å². The molecule has 4 aromatic rings. The van der Waals surface area contributed by atoms with E-state index in [1.807, 2.05) is 0 Å². The van der Waals surface area contributed by atoms with Gasteiger partial charge in [0.05, 0.1) is 17.1 Å². The summed E-state index contributed by atoms with van der Waals surface area (Å²) in [7, 11) is -3.32. The van der Waals surface area contributed by atoms with Crippen LogP contribution in [0.1, 0.15) is 12.5 Å². The standard InChI is InChI=1S/C27H22F2N2O4S/c1-2-36(33,34)22-11-8-18(9-12-22)15-26(32)31-20-10-13-23(24-7-4-14-30-27(24)29)25(17-20)35-21-6-3-5-19(28)16-21/h3-14,16-17H,2,15H2,1H3,(H,31,32). The van der Waals surface area contributed by atoms with Gasteiger partial charge >= 0.3 is 0 Å². The average molecular weight is 509 g/mol. The van der Waals surface area contributed by atoms with E-state index in [2.05, 4.69) is 10.3 Å². The van der Waals surface area contributed by atoms with Crippen LogP contribution in [0.25, 0.3) is 11.1 Å². The molecule has 0 bridgehead atoms. The summed E-state index contributed by atoms with van der Waals surface area (Å²) in [6.07, 6.45) is 1.33. The summed E-state index contributed by atoms with van der Waals surface area (Å²) in [5, 5.41) is 2.76. The third-order valence-corrected chi connectivity index (χ3v) is 7.12. The first kappa shape index (κ1) is 25.0. The van der Waals surface area contributed by atoms with Crippen LogP contribution in [0.3, 0.4) is 0 Å². The van der Waals surface area contributed by atoms with Gasteiger partial charge in [-0.1, -0.05) is 25.1 Å². The molecule has 0 atom stereocenters. The molecule has 1 amide bonds. The van der Waals surface area contributed by atoms with Crippen LogP contribution in [0.5, 0.6) is 11.5 Å². The Morgan fingerprint density at radius 3 is 2.42 bits per heavy atom. The molecular weight excluding hydrogens is 486 g/mol. The van der Waals surface area contributed by atoms with Crippen molar-refractivity contribution in [1.82, 2.24) is 4.98 Å². The van der Waals surface area contributed by atoms with Crippen molar-refractivity contribution in [2.45, 2.75) is 18.2 Å². The second kappa shape index (κ2) is 10.7. The molecule has 184 valence electrons. The van der Waals surface area contributed by atoms with Crippen molar-refractivity contribution in [1.29, 1.82) is 0 Å². The molecule has 6 nitrogen and oxygen atoms in total. The first-order chi connectivity index (χ1) is 17.2. The molecule has 0 unspecified atom stereocenters. The van der Waals surface area contributed by atoms with Gasteiger partial charge in [0.15, 0.2) is 9.84 Å². The number of nitrogens with zero attached hydrogens (tertiary/aromatic N) is 1. The van der Waals surface area contributed by atoms with Gasteiger partial charge in [0.1, 0.15) is 17.3 Å². The Kier molecular flexibility index (Phi) is 7.40. The number of amides is 1. The number of ether oxygens (including phenoxy) is 1. The number of pyridine rings is 1. The SMILES string of the molecule is CCS(=O)(=O)c1ccc(CC(=O)Nc2ccc(-c3cccnc3F)c(Oc3cccc(F)c3)c2)cc1. The maximum absolute atomic E-state index is 14.4. The Labute approximate surface area is 207 Å². The fraction of sp³-hybridized carbons (Fsp3) is 0.111. The highest BCUT2D eigenvalue weighted by atomic mass is 32.2. The maximum atomic E-state index is 14.4. The van der Waals surface area contributed by atoms with Gasteiger partial charge in [-0.2, -0.15) is 4.39 Å². The number of aromatic nitrogens is 1. The first-order valence-corrected chi connectivity index (χ1v) is 12.7. The first-order valence-electron chi connectivity index (χ1n) is 11.0. The normalized spacial score (nSPS) is 11.2. The van der Waals surface area contributed by atoms with E-state index in [0.717, 1.165) is 0 Å². The molecule has 0 aliphatic rings. The number of carbonyl (C=O) groups excluding carboxylic acids is 1. The number of nitrogens with one attached hydrogen (secondary N) is 1. The molecule has 1 aromatic heterocycles. The highest BCUT2D eigenvalue weighted by Gasteiger charge is 2.16. The number of rotatable bonds is 8. The van der Waals surface area contributed by atoms with Gasteiger partial charge < -0.3 is 10.1 Å². The average Bonchev–Trinajstić information content (AvgIpc) is 2.85. The van der Waals surface area contributed by atoms with Gasteiger partial charge in [-0.3, -0.25) is 4.79 Å². The van der Waals surface area contributed by atoms with Crippen molar-refractivity contribution in [2.24, 2.45) is 0 Å². The van der Waals surface area contributed by atoms with Crippen LogP contribution in [0.2, 0.25) is 0 Å². The summed E-state index contributed by atoms with van der Waals surface area (Å²) < 4.78 is 57.9. The van der Waals surface area contributed by atoms with Crippen molar-refractivity contribution < 1.29 is 26.7 Å². The van der Waals surface area contributed by atoms with Crippen molar-refractivity contribution >= 4 is 21.4 Å². The predicted molar refractivity (Wildman–Crippen MR) is 133 cm³/mol. The minimum Gasteiger partial charge on any atom is -0.457 e. The Morgan fingerprint density at radius 2 is 1.72 bits per heavy atom. The molecule has 0 saturated heterocycles. The van der Waals surface area contributed by atoms with Crippen LogP contribution in [0.15, 0.2) is 90.0 Å². The minimum absolute atomic E-state index is 0.00548. The second-order valence-electron chi connectivity index (χ2n) is 7.88. The Hall–Kier alpha value is -4.11. The van der Waals surface area contributed by atoms with E-state index in [1.165, 1.54) is 48.7 Å². The molecule has 0 spiro atoms. The Morgan fingerprint density at radius 1 is 0.944 bits per heavy atom. The smallest absolute Gasteiger partial charge is 0.228 e. The van der Waals surface area contributed by atoms with Crippen molar-refractivity contribution in [3.8, 4) is 22.6 Å². The van der Waals surface area contributed by atoms with E-state index in [9.17, 15) is 22.0 Å². The number of halogens is 2. The molecule has 0 saturated carbocycles. The summed E-state index contributed by atoms with van der Waals surface area (Å²) in [6.45, 7) is 1.57. The highest BCUT2D eigenvalue weighted by Crippen LogP contribution is 2.36. The molecule has 0 aliphatic carbocycles. The third kappa shape index (κ3) is 5.92. The van der Waals surface area contributed by atoms with Crippen LogP contribution in [0.4, 0.5) is 14.5 Å². The molecule has 1 heterocycles. The molecule has 0 fully saturated rings. The number of hydrogen-bond donors (Lipinski definition) is 1. The van der Waals surface area contributed by atoms with Crippen molar-refractivity contribution in [3.63, 3.8) is 0 Å². The summed E-state index contributed by atoms with van der Waals surface area (Å²) in [5.74, 6) is -1.16. The van der Waals surface area contributed by atoms with Gasteiger partial charge in [-0.15, -0.1) is 0 Å². The number of anilines is 1. The zero-order valence-corrected chi connectivity index (χ0v) is 20.1. The molecule has 9 heteroatoms. The largest absolute Gasteiger partial charge is 0.457 e. The summed E-state index contributed by atoms with van der Waals surface area (Å²) in [4.78, 5) is 16.5. The summed E-state index contributed by atoms with van der Waals surface area (Å²) in [5.41, 5.74) is 1.57. The van der Waals surface area contributed by atoms with Gasteiger partial charge in [-0.05, 0) is 54.1 Å². The number of carbonyl (C=O) groups is 1. The van der Waals surface area contributed by atoms with Gasteiger partial charge in [0.25, 0.3) is 0 Å². The number of benzene rings is 3. The minimum atomic E-state index is -3.32. The quantitative estimate of drug-likeness (QED) is 0.304. The number of hydrogen-bond acceptors (Lipinski definition) is 5. The zero-order chi connectivity index (χ0) is 25.7. The highest BCUT2D eigenvalue weighted by molar-refractivity contribution is 7.91. The molecular formula is C27H22F2N2O4S. The van der Waals surface area contributed by atoms with E-state index < -0.39 is 21.6 Å². The van der Waals surface area contributed by atoms with Crippen LogP contribution in [-0.2, 0) is 21.1 Å². The van der Waals surface area contributed by atoms with E-state index in [1.54, 1.807) is 43.3 Å². The third-order valence-electron chi connectivity index (χ3n) is 5.37.